The van der Waals surface area contributed by atoms with Crippen molar-refractivity contribution in [2.24, 2.45) is 0 Å². The fraction of sp³-hybridized carbons (Fsp3) is 0. The monoisotopic (exact) mass is 581 g/mol. The molecule has 6 aromatic rings. The van der Waals surface area contributed by atoms with E-state index >= 15 is 0 Å². The molecule has 0 bridgehead atoms. The summed E-state index contributed by atoms with van der Waals surface area (Å²) in [6.45, 7) is 0. The number of hydrogen-bond acceptors (Lipinski definition) is 2. The molecule has 0 radical (unpaired) electrons. The molecule has 0 amide bonds. The van der Waals surface area contributed by atoms with Crippen LogP contribution in [0.4, 0.5) is 5.69 Å². The minimum atomic E-state index is -0.388. The Morgan fingerprint density at radius 1 is 0.378 bits per heavy atom. The van der Waals surface area contributed by atoms with Crippen molar-refractivity contribution in [3.05, 3.63) is 218 Å². The average Bonchev–Trinajstić information content (AvgIpc) is 3.11. The molecule has 3 nitrogen and oxygen atoms in total. The highest BCUT2D eigenvalue weighted by atomic mass is 16.6. The van der Waals surface area contributed by atoms with Crippen LogP contribution in [-0.4, -0.2) is 4.92 Å². The number of nitro groups is 1. The van der Waals surface area contributed by atoms with Crippen molar-refractivity contribution >= 4 is 41.1 Å². The van der Waals surface area contributed by atoms with Gasteiger partial charge in [-0.25, -0.2) is 0 Å². The van der Waals surface area contributed by atoms with Crippen molar-refractivity contribution in [2.75, 3.05) is 0 Å². The minimum Gasteiger partial charge on any atom is -0.258 e. The molecule has 0 aliphatic carbocycles. The average molecular weight is 582 g/mol. The largest absolute Gasteiger partial charge is 0.269 e. The Kier molecular flexibility index (Phi) is 8.99. The highest BCUT2D eigenvalue weighted by Crippen LogP contribution is 2.36. The first-order valence-corrected chi connectivity index (χ1v) is 14.9. The summed E-state index contributed by atoms with van der Waals surface area (Å²) in [5.74, 6) is 0. The van der Waals surface area contributed by atoms with Gasteiger partial charge in [0.15, 0.2) is 0 Å². The smallest absolute Gasteiger partial charge is 0.258 e. The van der Waals surface area contributed by atoms with Crippen LogP contribution in [0.5, 0.6) is 0 Å². The van der Waals surface area contributed by atoms with Crippen LogP contribution in [0.3, 0.4) is 0 Å². The van der Waals surface area contributed by atoms with Crippen molar-refractivity contribution in [3.63, 3.8) is 0 Å². The lowest BCUT2D eigenvalue weighted by Crippen LogP contribution is -1.97. The Morgan fingerprint density at radius 3 is 0.956 bits per heavy atom. The Hall–Kier alpha value is -6.06. The summed E-state index contributed by atoms with van der Waals surface area (Å²) < 4.78 is 0. The van der Waals surface area contributed by atoms with Gasteiger partial charge in [0.2, 0.25) is 0 Å². The molecule has 45 heavy (non-hydrogen) atoms. The lowest BCUT2D eigenvalue weighted by molar-refractivity contribution is -0.384. The maximum Gasteiger partial charge on any atom is 0.269 e. The van der Waals surface area contributed by atoms with E-state index < -0.39 is 0 Å². The van der Waals surface area contributed by atoms with Crippen LogP contribution in [0.2, 0.25) is 0 Å². The standard InChI is InChI=1S/C42H31NO2/c44-43(45)40-30-26-35(27-31-40)23-21-33-18-16-32(17-19-33)20-22-34-24-28-39(29-25-34)42(38-14-8-3-9-15-38)41(36-10-4-1-5-11-36)37-12-6-2-7-13-37/h1-31H/b22-20+,23-21+. The van der Waals surface area contributed by atoms with Gasteiger partial charge in [0.25, 0.3) is 5.69 Å². The number of benzene rings is 6. The molecule has 0 saturated heterocycles. The van der Waals surface area contributed by atoms with Crippen molar-refractivity contribution in [2.45, 2.75) is 0 Å². The maximum atomic E-state index is 10.9. The van der Waals surface area contributed by atoms with Crippen LogP contribution in [0.15, 0.2) is 164 Å². The summed E-state index contributed by atoms with van der Waals surface area (Å²) in [4.78, 5) is 10.5. The predicted molar refractivity (Wildman–Crippen MR) is 188 cm³/mol. The molecule has 6 aromatic carbocycles. The number of nitrogens with zero attached hydrogens (tertiary/aromatic N) is 1. The van der Waals surface area contributed by atoms with Gasteiger partial charge in [-0.05, 0) is 67.8 Å². The summed E-state index contributed by atoms with van der Waals surface area (Å²) in [5.41, 5.74) is 11.4. The van der Waals surface area contributed by atoms with E-state index in [0.29, 0.717) is 0 Å². The van der Waals surface area contributed by atoms with Crippen LogP contribution >= 0.6 is 0 Å². The maximum absolute atomic E-state index is 10.9. The van der Waals surface area contributed by atoms with E-state index in [4.69, 9.17) is 0 Å². The second-order valence-electron chi connectivity index (χ2n) is 10.7. The summed E-state index contributed by atoms with van der Waals surface area (Å²) in [6.07, 6.45) is 8.21. The van der Waals surface area contributed by atoms with Crippen LogP contribution in [0.25, 0.3) is 35.5 Å². The van der Waals surface area contributed by atoms with Crippen LogP contribution in [0, 0.1) is 10.1 Å². The van der Waals surface area contributed by atoms with Gasteiger partial charge in [-0.2, -0.15) is 0 Å². The van der Waals surface area contributed by atoms with E-state index in [1.807, 2.05) is 12.2 Å². The van der Waals surface area contributed by atoms with Crippen LogP contribution in [0.1, 0.15) is 44.5 Å². The molecule has 3 heteroatoms. The third kappa shape index (κ3) is 7.30. The van der Waals surface area contributed by atoms with Gasteiger partial charge >= 0.3 is 0 Å². The molecule has 0 fully saturated rings. The topological polar surface area (TPSA) is 43.1 Å². The third-order valence-electron chi connectivity index (χ3n) is 7.61. The Labute approximate surface area is 263 Å². The second kappa shape index (κ2) is 13.9. The molecular formula is C42H31NO2. The van der Waals surface area contributed by atoms with E-state index in [0.717, 1.165) is 27.8 Å². The SMILES string of the molecule is O=[N+]([O-])c1ccc(/C=C/c2ccc(/C=C/c3ccc(C(=C(c4ccccc4)c4ccccc4)c4ccccc4)cc3)cc2)cc1. The number of non-ortho nitro benzene ring substituents is 1. The first-order chi connectivity index (χ1) is 22.1. The summed E-state index contributed by atoms with van der Waals surface area (Å²) in [5, 5.41) is 10.9. The van der Waals surface area contributed by atoms with Crippen molar-refractivity contribution < 1.29 is 4.92 Å². The highest BCUT2D eigenvalue weighted by molar-refractivity contribution is 6.04. The van der Waals surface area contributed by atoms with Crippen LogP contribution < -0.4 is 0 Å². The van der Waals surface area contributed by atoms with Gasteiger partial charge in [-0.3, -0.25) is 10.1 Å². The van der Waals surface area contributed by atoms with Gasteiger partial charge in [0.1, 0.15) is 0 Å². The molecule has 216 valence electrons. The van der Waals surface area contributed by atoms with Gasteiger partial charge < -0.3 is 0 Å². The summed E-state index contributed by atoms with van der Waals surface area (Å²) >= 11 is 0. The Bertz CT molecular complexity index is 1910. The van der Waals surface area contributed by atoms with E-state index in [1.54, 1.807) is 12.1 Å². The van der Waals surface area contributed by atoms with E-state index in [2.05, 4.69) is 152 Å². The fourth-order valence-corrected chi connectivity index (χ4v) is 5.30. The van der Waals surface area contributed by atoms with Gasteiger partial charge in [0, 0.05) is 12.1 Å². The molecule has 0 aliphatic heterocycles. The molecule has 0 saturated carbocycles. The fourth-order valence-electron chi connectivity index (χ4n) is 5.30. The van der Waals surface area contributed by atoms with E-state index in [9.17, 15) is 10.1 Å². The zero-order chi connectivity index (χ0) is 30.8. The predicted octanol–water partition coefficient (Wildman–Crippen LogP) is 10.9. The van der Waals surface area contributed by atoms with Crippen molar-refractivity contribution in [3.8, 4) is 0 Å². The first-order valence-electron chi connectivity index (χ1n) is 14.9. The normalized spacial score (nSPS) is 11.1. The first kappa shape index (κ1) is 29.0. The number of hydrogen-bond donors (Lipinski definition) is 0. The molecule has 0 aliphatic rings. The highest BCUT2D eigenvalue weighted by Gasteiger charge is 2.15. The Balaban J connectivity index is 1.25. The summed E-state index contributed by atoms with van der Waals surface area (Å²) in [6, 6.07) is 55.4. The van der Waals surface area contributed by atoms with Crippen molar-refractivity contribution in [1.82, 2.24) is 0 Å². The third-order valence-corrected chi connectivity index (χ3v) is 7.61. The lowest BCUT2D eigenvalue weighted by atomic mass is 9.85. The van der Waals surface area contributed by atoms with Crippen LogP contribution in [-0.2, 0) is 0 Å². The molecular weight excluding hydrogens is 550 g/mol. The second-order valence-corrected chi connectivity index (χ2v) is 10.7. The molecule has 0 N–H and O–H groups in total. The zero-order valence-corrected chi connectivity index (χ0v) is 24.7. The van der Waals surface area contributed by atoms with E-state index in [-0.39, 0.29) is 10.6 Å². The molecule has 0 heterocycles. The van der Waals surface area contributed by atoms with E-state index in [1.165, 1.54) is 40.0 Å². The van der Waals surface area contributed by atoms with Gasteiger partial charge in [0.05, 0.1) is 4.92 Å². The molecule has 0 spiro atoms. The van der Waals surface area contributed by atoms with Gasteiger partial charge in [-0.15, -0.1) is 0 Å². The number of nitro benzene ring substituents is 1. The summed E-state index contributed by atoms with van der Waals surface area (Å²) in [7, 11) is 0. The Morgan fingerprint density at radius 2 is 0.644 bits per heavy atom. The number of rotatable bonds is 9. The molecule has 6 rings (SSSR count). The van der Waals surface area contributed by atoms with Gasteiger partial charge in [-0.1, -0.05) is 164 Å². The lowest BCUT2D eigenvalue weighted by Gasteiger charge is -2.18. The quantitative estimate of drug-likeness (QED) is 0.0968. The van der Waals surface area contributed by atoms with Crippen molar-refractivity contribution in [1.29, 1.82) is 0 Å². The molecule has 0 aromatic heterocycles. The minimum absolute atomic E-state index is 0.0927. The zero-order valence-electron chi connectivity index (χ0n) is 24.7. The molecule has 0 unspecified atom stereocenters. The molecule has 0 atom stereocenters.